The maximum Gasteiger partial charge on any atom is 0.121 e. The predicted molar refractivity (Wildman–Crippen MR) is 80.0 cm³/mol. The molecule has 0 bridgehead atoms. The van der Waals surface area contributed by atoms with Gasteiger partial charge in [-0.05, 0) is 60.5 Å². The highest BCUT2D eigenvalue weighted by atomic mass is 35.5. The average Bonchev–Trinajstić information content (AvgIpc) is 2.81. The summed E-state index contributed by atoms with van der Waals surface area (Å²) >= 11 is 6.01. The largest absolute Gasteiger partial charge is 0.496 e. The number of H-pyrrole nitrogens is 1. The van der Waals surface area contributed by atoms with Gasteiger partial charge in [-0.3, -0.25) is 0 Å². The van der Waals surface area contributed by atoms with Crippen molar-refractivity contribution in [3.63, 3.8) is 0 Å². The Bertz CT molecular complexity index is 746. The Labute approximate surface area is 117 Å². The van der Waals surface area contributed by atoms with Gasteiger partial charge in [0, 0.05) is 21.6 Å². The third-order valence-electron chi connectivity index (χ3n) is 3.29. The summed E-state index contributed by atoms with van der Waals surface area (Å²) in [6.07, 6.45) is 0. The summed E-state index contributed by atoms with van der Waals surface area (Å²) < 4.78 is 5.28. The van der Waals surface area contributed by atoms with Crippen molar-refractivity contribution < 1.29 is 4.74 Å². The van der Waals surface area contributed by atoms with Crippen molar-refractivity contribution in [2.24, 2.45) is 0 Å². The highest BCUT2D eigenvalue weighted by Crippen LogP contribution is 2.29. The zero-order valence-electron chi connectivity index (χ0n) is 10.8. The Morgan fingerprint density at radius 2 is 1.89 bits per heavy atom. The van der Waals surface area contributed by atoms with Crippen LogP contribution in [0.15, 0.2) is 42.5 Å². The number of hydrogen-bond donors (Lipinski definition) is 1. The number of halogens is 1. The van der Waals surface area contributed by atoms with Gasteiger partial charge in [0.05, 0.1) is 7.11 Å². The number of aromatic nitrogens is 1. The number of nitrogens with one attached hydrogen (secondary N) is 1. The molecule has 0 aliphatic carbocycles. The number of hydrogen-bond acceptors (Lipinski definition) is 1. The monoisotopic (exact) mass is 271 g/mol. The molecule has 0 amide bonds. The Morgan fingerprint density at radius 3 is 2.63 bits per heavy atom. The molecule has 3 heteroatoms. The van der Waals surface area contributed by atoms with Crippen LogP contribution in [0.25, 0.3) is 22.2 Å². The fourth-order valence-electron chi connectivity index (χ4n) is 2.30. The molecule has 0 radical (unpaired) electrons. The van der Waals surface area contributed by atoms with Crippen LogP contribution < -0.4 is 4.74 Å². The fourth-order valence-corrected chi connectivity index (χ4v) is 2.49. The van der Waals surface area contributed by atoms with Gasteiger partial charge in [0.1, 0.15) is 5.75 Å². The molecule has 0 aliphatic heterocycles. The molecule has 1 heterocycles. The Hall–Kier alpha value is -1.93. The molecule has 0 saturated carbocycles. The molecular formula is C16H14ClNO. The topological polar surface area (TPSA) is 25.0 Å². The number of fused-ring (bicyclic) bond motifs is 1. The molecule has 0 fully saturated rings. The van der Waals surface area contributed by atoms with E-state index >= 15 is 0 Å². The van der Waals surface area contributed by atoms with Gasteiger partial charge < -0.3 is 9.72 Å². The van der Waals surface area contributed by atoms with Crippen LogP contribution in [-0.4, -0.2) is 12.1 Å². The van der Waals surface area contributed by atoms with Crippen molar-refractivity contribution >= 4 is 22.5 Å². The van der Waals surface area contributed by atoms with Gasteiger partial charge in [0.15, 0.2) is 0 Å². The minimum Gasteiger partial charge on any atom is -0.496 e. The lowest BCUT2D eigenvalue weighted by molar-refractivity contribution is 0.412. The number of ether oxygens (including phenoxy) is 1. The quantitative estimate of drug-likeness (QED) is 0.711. The Kier molecular flexibility index (Phi) is 2.96. The molecule has 3 rings (SSSR count). The van der Waals surface area contributed by atoms with E-state index in [0.717, 1.165) is 38.5 Å². The number of benzene rings is 2. The lowest BCUT2D eigenvalue weighted by Crippen LogP contribution is -1.87. The first kappa shape index (κ1) is 12.1. The predicted octanol–water partition coefficient (Wildman–Crippen LogP) is 4.81. The van der Waals surface area contributed by atoms with E-state index in [1.54, 1.807) is 7.11 Å². The van der Waals surface area contributed by atoms with Crippen LogP contribution in [0.1, 0.15) is 5.56 Å². The molecule has 0 atom stereocenters. The van der Waals surface area contributed by atoms with Gasteiger partial charge in [0.2, 0.25) is 0 Å². The molecule has 19 heavy (non-hydrogen) atoms. The second kappa shape index (κ2) is 4.63. The molecule has 0 aliphatic rings. The van der Waals surface area contributed by atoms with Crippen LogP contribution in [-0.2, 0) is 0 Å². The molecule has 96 valence electrons. The van der Waals surface area contributed by atoms with Gasteiger partial charge in [-0.2, -0.15) is 0 Å². The van der Waals surface area contributed by atoms with Crippen LogP contribution in [0.5, 0.6) is 5.75 Å². The van der Waals surface area contributed by atoms with Crippen molar-refractivity contribution in [2.45, 2.75) is 6.92 Å². The van der Waals surface area contributed by atoms with Crippen molar-refractivity contribution in [1.82, 2.24) is 4.98 Å². The van der Waals surface area contributed by atoms with Gasteiger partial charge in [0.25, 0.3) is 0 Å². The van der Waals surface area contributed by atoms with Crippen molar-refractivity contribution in [2.75, 3.05) is 7.11 Å². The first-order chi connectivity index (χ1) is 9.17. The van der Waals surface area contributed by atoms with E-state index in [0.29, 0.717) is 0 Å². The second-order valence-electron chi connectivity index (χ2n) is 4.60. The molecule has 0 unspecified atom stereocenters. The van der Waals surface area contributed by atoms with E-state index in [1.165, 1.54) is 0 Å². The number of methoxy groups -OCH3 is 1. The summed E-state index contributed by atoms with van der Waals surface area (Å²) in [5.41, 5.74) is 4.44. The van der Waals surface area contributed by atoms with Crippen molar-refractivity contribution in [1.29, 1.82) is 0 Å². The summed E-state index contributed by atoms with van der Waals surface area (Å²) in [6.45, 7) is 2.04. The molecule has 2 nitrogen and oxygen atoms in total. The number of aryl methyl sites for hydroxylation is 1. The zero-order chi connectivity index (χ0) is 13.4. The summed E-state index contributed by atoms with van der Waals surface area (Å²) in [7, 11) is 1.69. The minimum absolute atomic E-state index is 0.754. The number of aromatic amines is 1. The molecule has 0 saturated heterocycles. The SMILES string of the molecule is COc1ccc(-c2cc3cc(Cl)ccc3[nH]2)cc1C. The van der Waals surface area contributed by atoms with E-state index in [1.807, 2.05) is 31.2 Å². The number of rotatable bonds is 2. The van der Waals surface area contributed by atoms with Crippen LogP contribution in [0, 0.1) is 6.92 Å². The van der Waals surface area contributed by atoms with Crippen LogP contribution in [0.3, 0.4) is 0 Å². The summed E-state index contributed by atoms with van der Waals surface area (Å²) in [6, 6.07) is 14.1. The first-order valence-electron chi connectivity index (χ1n) is 6.10. The molecule has 1 aromatic heterocycles. The first-order valence-corrected chi connectivity index (χ1v) is 6.48. The maximum atomic E-state index is 6.01. The highest BCUT2D eigenvalue weighted by molar-refractivity contribution is 6.31. The Morgan fingerprint density at radius 1 is 1.05 bits per heavy atom. The van der Waals surface area contributed by atoms with E-state index in [-0.39, 0.29) is 0 Å². The normalized spacial score (nSPS) is 10.9. The van der Waals surface area contributed by atoms with E-state index in [4.69, 9.17) is 16.3 Å². The molecule has 1 N–H and O–H groups in total. The lowest BCUT2D eigenvalue weighted by atomic mass is 10.1. The van der Waals surface area contributed by atoms with Gasteiger partial charge in [-0.15, -0.1) is 0 Å². The molecule has 3 aromatic rings. The Balaban J connectivity index is 2.11. The smallest absolute Gasteiger partial charge is 0.121 e. The van der Waals surface area contributed by atoms with Crippen molar-refractivity contribution in [3.8, 4) is 17.0 Å². The second-order valence-corrected chi connectivity index (χ2v) is 5.04. The van der Waals surface area contributed by atoms with Crippen LogP contribution in [0.2, 0.25) is 5.02 Å². The zero-order valence-corrected chi connectivity index (χ0v) is 11.6. The average molecular weight is 272 g/mol. The third kappa shape index (κ3) is 2.20. The minimum atomic E-state index is 0.754. The van der Waals surface area contributed by atoms with E-state index in [9.17, 15) is 0 Å². The summed E-state index contributed by atoms with van der Waals surface area (Å²) in [5.74, 6) is 0.905. The standard InChI is InChI=1S/C16H14ClNO/c1-10-7-11(3-6-16(10)19-2)15-9-12-8-13(17)4-5-14(12)18-15/h3-9,18H,1-2H3. The van der Waals surface area contributed by atoms with Crippen molar-refractivity contribution in [3.05, 3.63) is 53.1 Å². The summed E-state index contributed by atoms with van der Waals surface area (Å²) in [5, 5.41) is 1.87. The van der Waals surface area contributed by atoms with Crippen LogP contribution in [0.4, 0.5) is 0 Å². The molecule has 0 spiro atoms. The summed E-state index contributed by atoms with van der Waals surface area (Å²) in [4.78, 5) is 3.40. The van der Waals surface area contributed by atoms with E-state index in [2.05, 4.69) is 23.2 Å². The van der Waals surface area contributed by atoms with Gasteiger partial charge >= 0.3 is 0 Å². The van der Waals surface area contributed by atoms with Gasteiger partial charge in [-0.1, -0.05) is 11.6 Å². The molecule has 2 aromatic carbocycles. The van der Waals surface area contributed by atoms with E-state index < -0.39 is 0 Å². The van der Waals surface area contributed by atoms with Crippen LogP contribution >= 0.6 is 11.6 Å². The highest BCUT2D eigenvalue weighted by Gasteiger charge is 2.06. The fraction of sp³-hybridized carbons (Fsp3) is 0.125. The maximum absolute atomic E-state index is 6.01. The van der Waals surface area contributed by atoms with Gasteiger partial charge in [-0.25, -0.2) is 0 Å². The lowest BCUT2D eigenvalue weighted by Gasteiger charge is -2.06. The third-order valence-corrected chi connectivity index (χ3v) is 3.52. The molecular weight excluding hydrogens is 258 g/mol.